The smallest absolute Gasteiger partial charge is 0.161 e. The number of carbonyl (C=O) groups excluding carboxylic acids is 1. The molecule has 0 N–H and O–H groups in total. The molecule has 0 unspecified atom stereocenters. The SMILES string of the molecule is CCCn1cc(C(C)=O)c2c[c]ccc21. The van der Waals surface area contributed by atoms with Crippen LogP contribution >= 0.6 is 0 Å². The van der Waals surface area contributed by atoms with Crippen LogP contribution in [-0.2, 0) is 6.54 Å². The van der Waals surface area contributed by atoms with Gasteiger partial charge in [0.2, 0.25) is 0 Å². The second-order valence-electron chi connectivity index (χ2n) is 3.74. The Hall–Kier alpha value is -1.57. The highest BCUT2D eigenvalue weighted by Gasteiger charge is 2.10. The zero-order valence-corrected chi connectivity index (χ0v) is 9.08. The number of nitrogens with zero attached hydrogens (tertiary/aromatic N) is 1. The molecule has 0 aliphatic rings. The molecular formula is C13H14NO. The summed E-state index contributed by atoms with van der Waals surface area (Å²) in [5, 5.41) is 1.01. The van der Waals surface area contributed by atoms with Crippen molar-refractivity contribution in [2.75, 3.05) is 0 Å². The fraction of sp³-hybridized carbons (Fsp3) is 0.308. The number of benzene rings is 1. The maximum atomic E-state index is 11.4. The van der Waals surface area contributed by atoms with Crippen molar-refractivity contribution in [2.45, 2.75) is 26.8 Å². The number of hydrogen-bond donors (Lipinski definition) is 0. The molecule has 0 aliphatic heterocycles. The van der Waals surface area contributed by atoms with Crippen LogP contribution in [0.15, 0.2) is 24.4 Å². The maximum Gasteiger partial charge on any atom is 0.161 e. The molecule has 0 aliphatic carbocycles. The summed E-state index contributed by atoms with van der Waals surface area (Å²) in [7, 11) is 0. The first-order valence-corrected chi connectivity index (χ1v) is 5.24. The van der Waals surface area contributed by atoms with E-state index in [0.29, 0.717) is 0 Å². The summed E-state index contributed by atoms with van der Waals surface area (Å²) in [5.74, 6) is 0.120. The Morgan fingerprint density at radius 3 is 3.00 bits per heavy atom. The van der Waals surface area contributed by atoms with E-state index in [1.807, 2.05) is 24.4 Å². The quantitative estimate of drug-likeness (QED) is 0.698. The van der Waals surface area contributed by atoms with E-state index in [-0.39, 0.29) is 5.78 Å². The molecule has 1 aromatic heterocycles. The number of hydrogen-bond acceptors (Lipinski definition) is 1. The summed E-state index contributed by atoms with van der Waals surface area (Å²) in [6.45, 7) is 4.69. The fourth-order valence-electron chi connectivity index (χ4n) is 1.89. The minimum atomic E-state index is 0.120. The highest BCUT2D eigenvalue weighted by Crippen LogP contribution is 2.21. The van der Waals surface area contributed by atoms with E-state index in [1.54, 1.807) is 6.92 Å². The molecule has 0 fully saturated rings. The first kappa shape index (κ1) is 9.97. The van der Waals surface area contributed by atoms with E-state index in [2.05, 4.69) is 17.6 Å². The second kappa shape index (κ2) is 3.89. The third kappa shape index (κ3) is 1.67. The molecule has 0 spiro atoms. The lowest BCUT2D eigenvalue weighted by molar-refractivity contribution is 0.101. The van der Waals surface area contributed by atoms with Gasteiger partial charge in [0, 0.05) is 29.2 Å². The lowest BCUT2D eigenvalue weighted by Crippen LogP contribution is -1.94. The van der Waals surface area contributed by atoms with Gasteiger partial charge in [-0.05, 0) is 31.5 Å². The molecule has 15 heavy (non-hydrogen) atoms. The van der Waals surface area contributed by atoms with Gasteiger partial charge < -0.3 is 4.57 Å². The number of aryl methyl sites for hydroxylation is 1. The zero-order chi connectivity index (χ0) is 10.8. The Morgan fingerprint density at radius 1 is 1.53 bits per heavy atom. The van der Waals surface area contributed by atoms with E-state index >= 15 is 0 Å². The summed E-state index contributed by atoms with van der Waals surface area (Å²) in [6, 6.07) is 8.81. The van der Waals surface area contributed by atoms with Gasteiger partial charge in [-0.1, -0.05) is 13.0 Å². The Labute approximate surface area is 89.5 Å². The monoisotopic (exact) mass is 200 g/mol. The van der Waals surface area contributed by atoms with Crippen molar-refractivity contribution < 1.29 is 4.79 Å². The number of Topliss-reactive ketones (excluding diaryl/α,β-unsaturated/α-hetero) is 1. The number of fused-ring (bicyclic) bond motifs is 1. The first-order valence-electron chi connectivity index (χ1n) is 5.24. The third-order valence-corrected chi connectivity index (χ3v) is 2.57. The van der Waals surface area contributed by atoms with Crippen molar-refractivity contribution in [1.82, 2.24) is 4.57 Å². The summed E-state index contributed by atoms with van der Waals surface area (Å²) in [6.07, 6.45) is 3.02. The van der Waals surface area contributed by atoms with Gasteiger partial charge in [0.05, 0.1) is 0 Å². The van der Waals surface area contributed by atoms with Crippen LogP contribution in [0.3, 0.4) is 0 Å². The van der Waals surface area contributed by atoms with Crippen molar-refractivity contribution in [3.05, 3.63) is 36.0 Å². The van der Waals surface area contributed by atoms with Crippen LogP contribution in [0.25, 0.3) is 10.9 Å². The lowest BCUT2D eigenvalue weighted by atomic mass is 10.1. The molecule has 77 valence electrons. The summed E-state index contributed by atoms with van der Waals surface area (Å²) >= 11 is 0. The fourth-order valence-corrected chi connectivity index (χ4v) is 1.89. The number of ketones is 1. The van der Waals surface area contributed by atoms with Gasteiger partial charge in [0.25, 0.3) is 0 Å². The molecule has 2 nitrogen and oxygen atoms in total. The second-order valence-corrected chi connectivity index (χ2v) is 3.74. The van der Waals surface area contributed by atoms with Gasteiger partial charge in [-0.25, -0.2) is 0 Å². The topological polar surface area (TPSA) is 22.0 Å². The van der Waals surface area contributed by atoms with Crippen LogP contribution in [0.5, 0.6) is 0 Å². The molecule has 2 heteroatoms. The predicted molar refractivity (Wildman–Crippen MR) is 61.1 cm³/mol. The molecule has 2 aromatic rings. The minimum Gasteiger partial charge on any atom is -0.347 e. The molecule has 2 rings (SSSR count). The molecule has 0 atom stereocenters. The first-order chi connectivity index (χ1) is 7.24. The molecule has 1 aromatic carbocycles. The standard InChI is InChI=1S/C13H14NO/c1-3-8-14-9-12(10(2)15)11-6-4-5-7-13(11)14/h5-7,9H,3,8H2,1-2H3. The molecule has 0 saturated carbocycles. The molecule has 0 saturated heterocycles. The highest BCUT2D eigenvalue weighted by atomic mass is 16.1. The molecule has 1 heterocycles. The van der Waals surface area contributed by atoms with Crippen LogP contribution in [0.1, 0.15) is 30.6 Å². The average molecular weight is 200 g/mol. The van der Waals surface area contributed by atoms with Gasteiger partial charge in [0.1, 0.15) is 0 Å². The Balaban J connectivity index is 2.67. The lowest BCUT2D eigenvalue weighted by Gasteiger charge is -2.00. The van der Waals surface area contributed by atoms with Gasteiger partial charge in [0.15, 0.2) is 5.78 Å². The van der Waals surface area contributed by atoms with E-state index in [0.717, 1.165) is 29.4 Å². The number of rotatable bonds is 3. The van der Waals surface area contributed by atoms with Crippen molar-refractivity contribution >= 4 is 16.7 Å². The zero-order valence-electron chi connectivity index (χ0n) is 9.08. The van der Waals surface area contributed by atoms with Gasteiger partial charge in [-0.15, -0.1) is 0 Å². The van der Waals surface area contributed by atoms with Crippen molar-refractivity contribution in [3.63, 3.8) is 0 Å². The van der Waals surface area contributed by atoms with Gasteiger partial charge >= 0.3 is 0 Å². The number of carbonyl (C=O) groups is 1. The van der Waals surface area contributed by atoms with Crippen molar-refractivity contribution in [3.8, 4) is 0 Å². The minimum absolute atomic E-state index is 0.120. The Kier molecular flexibility index (Phi) is 2.58. The molecular weight excluding hydrogens is 186 g/mol. The van der Waals surface area contributed by atoms with Crippen molar-refractivity contribution in [1.29, 1.82) is 0 Å². The largest absolute Gasteiger partial charge is 0.347 e. The van der Waals surface area contributed by atoms with E-state index in [1.165, 1.54) is 0 Å². The molecule has 0 bridgehead atoms. The summed E-state index contributed by atoms with van der Waals surface area (Å²) in [5.41, 5.74) is 1.93. The maximum absolute atomic E-state index is 11.4. The molecule has 1 radical (unpaired) electrons. The van der Waals surface area contributed by atoms with Gasteiger partial charge in [-0.2, -0.15) is 0 Å². The Morgan fingerprint density at radius 2 is 2.33 bits per heavy atom. The number of aromatic nitrogens is 1. The molecule has 0 amide bonds. The Bertz CT molecular complexity index is 496. The van der Waals surface area contributed by atoms with Crippen LogP contribution < -0.4 is 0 Å². The summed E-state index contributed by atoms with van der Waals surface area (Å²) in [4.78, 5) is 11.4. The highest BCUT2D eigenvalue weighted by molar-refractivity contribution is 6.06. The van der Waals surface area contributed by atoms with E-state index < -0.39 is 0 Å². The van der Waals surface area contributed by atoms with Crippen LogP contribution in [0.2, 0.25) is 0 Å². The summed E-state index contributed by atoms with van der Waals surface area (Å²) < 4.78 is 2.14. The predicted octanol–water partition coefficient (Wildman–Crippen LogP) is 3.05. The average Bonchev–Trinajstić information content (AvgIpc) is 2.59. The van der Waals surface area contributed by atoms with Crippen molar-refractivity contribution in [2.24, 2.45) is 0 Å². The van der Waals surface area contributed by atoms with Gasteiger partial charge in [-0.3, -0.25) is 4.79 Å². The van der Waals surface area contributed by atoms with Crippen LogP contribution in [-0.4, -0.2) is 10.4 Å². The normalized spacial score (nSPS) is 10.8. The van der Waals surface area contributed by atoms with Crippen LogP contribution in [0, 0.1) is 6.07 Å². The van der Waals surface area contributed by atoms with Crippen LogP contribution in [0.4, 0.5) is 0 Å². The van der Waals surface area contributed by atoms with E-state index in [9.17, 15) is 4.79 Å². The third-order valence-electron chi connectivity index (χ3n) is 2.57. The van der Waals surface area contributed by atoms with E-state index in [4.69, 9.17) is 0 Å².